The van der Waals surface area contributed by atoms with Crippen LogP contribution in [0.3, 0.4) is 0 Å². The van der Waals surface area contributed by atoms with E-state index in [0.717, 1.165) is 25.9 Å². The minimum atomic E-state index is -3.37. The molecule has 108 valence electrons. The van der Waals surface area contributed by atoms with Crippen molar-refractivity contribution in [1.82, 2.24) is 14.3 Å². The molecule has 0 atom stereocenters. The molecule has 0 spiro atoms. The molecule has 0 bridgehead atoms. The number of ether oxygens (including phenoxy) is 1. The van der Waals surface area contributed by atoms with Crippen LogP contribution < -0.4 is 10.0 Å². The predicted octanol–water partition coefficient (Wildman–Crippen LogP) is -0.0704. The molecule has 0 unspecified atom stereocenters. The van der Waals surface area contributed by atoms with Gasteiger partial charge >= 0.3 is 0 Å². The number of hydrogen-bond donors (Lipinski definition) is 2. The van der Waals surface area contributed by atoms with Gasteiger partial charge in [-0.05, 0) is 39.8 Å². The second kappa shape index (κ2) is 7.40. The minimum absolute atomic E-state index is 0.0483. The summed E-state index contributed by atoms with van der Waals surface area (Å²) < 4.78 is 33.0. The van der Waals surface area contributed by atoms with Crippen LogP contribution in [-0.2, 0) is 14.9 Å². The second-order valence-electron chi connectivity index (χ2n) is 4.83. The number of rotatable bonds is 7. The fourth-order valence-electron chi connectivity index (χ4n) is 1.74. The van der Waals surface area contributed by atoms with Crippen LogP contribution >= 0.6 is 0 Å². The number of nitrogens with one attached hydrogen (secondary N) is 2. The van der Waals surface area contributed by atoms with E-state index >= 15 is 0 Å². The zero-order valence-corrected chi connectivity index (χ0v) is 12.3. The van der Waals surface area contributed by atoms with E-state index in [9.17, 15) is 8.42 Å². The first-order valence-electron chi connectivity index (χ1n) is 6.48. The van der Waals surface area contributed by atoms with E-state index < -0.39 is 10.2 Å². The van der Waals surface area contributed by atoms with Crippen molar-refractivity contribution in [3.8, 4) is 0 Å². The molecular weight excluding hydrogens is 254 g/mol. The van der Waals surface area contributed by atoms with Crippen LogP contribution in [0.15, 0.2) is 0 Å². The molecule has 1 heterocycles. The molecule has 1 aliphatic heterocycles. The molecule has 18 heavy (non-hydrogen) atoms. The highest BCUT2D eigenvalue weighted by Crippen LogP contribution is 2.06. The normalized spacial score (nSPS) is 18.7. The molecule has 2 N–H and O–H groups in total. The number of piperidine rings is 1. The van der Waals surface area contributed by atoms with E-state index in [1.165, 1.54) is 4.31 Å². The molecule has 0 aliphatic carbocycles. The summed E-state index contributed by atoms with van der Waals surface area (Å²) >= 11 is 0. The van der Waals surface area contributed by atoms with Crippen molar-refractivity contribution in [2.45, 2.75) is 38.8 Å². The van der Waals surface area contributed by atoms with Crippen molar-refractivity contribution in [2.75, 3.05) is 33.3 Å². The van der Waals surface area contributed by atoms with Gasteiger partial charge < -0.3 is 10.1 Å². The van der Waals surface area contributed by atoms with Crippen molar-refractivity contribution >= 4 is 10.2 Å². The lowest BCUT2D eigenvalue weighted by Gasteiger charge is -2.24. The Morgan fingerprint density at radius 1 is 1.39 bits per heavy atom. The maximum Gasteiger partial charge on any atom is 0.279 e. The first-order valence-corrected chi connectivity index (χ1v) is 7.92. The van der Waals surface area contributed by atoms with Gasteiger partial charge in [0.1, 0.15) is 0 Å². The molecule has 0 aromatic rings. The molecule has 1 rings (SSSR count). The topological polar surface area (TPSA) is 70.7 Å². The molecule has 6 nitrogen and oxygen atoms in total. The van der Waals surface area contributed by atoms with Crippen molar-refractivity contribution < 1.29 is 13.2 Å². The van der Waals surface area contributed by atoms with Crippen LogP contribution in [0, 0.1) is 0 Å². The van der Waals surface area contributed by atoms with E-state index in [1.807, 2.05) is 13.8 Å². The van der Waals surface area contributed by atoms with E-state index in [2.05, 4.69) is 10.0 Å². The lowest BCUT2D eigenvalue weighted by molar-refractivity contribution is 0.0365. The average molecular weight is 279 g/mol. The average Bonchev–Trinajstić information content (AvgIpc) is 2.35. The van der Waals surface area contributed by atoms with Crippen molar-refractivity contribution in [2.24, 2.45) is 0 Å². The van der Waals surface area contributed by atoms with Gasteiger partial charge in [-0.2, -0.15) is 17.4 Å². The Kier molecular flexibility index (Phi) is 6.51. The van der Waals surface area contributed by atoms with Gasteiger partial charge in [-0.1, -0.05) is 0 Å². The summed E-state index contributed by atoms with van der Waals surface area (Å²) in [5, 5.41) is 3.26. The maximum atomic E-state index is 11.8. The summed E-state index contributed by atoms with van der Waals surface area (Å²) in [6.07, 6.45) is 2.26. The first-order chi connectivity index (χ1) is 8.43. The van der Waals surface area contributed by atoms with E-state index in [-0.39, 0.29) is 12.1 Å². The summed E-state index contributed by atoms with van der Waals surface area (Å²) in [5.74, 6) is 0. The van der Waals surface area contributed by atoms with Gasteiger partial charge in [-0.3, -0.25) is 0 Å². The summed E-state index contributed by atoms with van der Waals surface area (Å²) in [7, 11) is -1.80. The Morgan fingerprint density at radius 2 is 2.00 bits per heavy atom. The summed E-state index contributed by atoms with van der Waals surface area (Å²) in [4.78, 5) is 0. The molecule has 0 aromatic carbocycles. The number of nitrogens with zero attached hydrogens (tertiary/aromatic N) is 1. The zero-order chi connectivity index (χ0) is 13.6. The summed E-state index contributed by atoms with van der Waals surface area (Å²) in [5.41, 5.74) is 0. The third-order valence-corrected chi connectivity index (χ3v) is 4.88. The molecule has 1 fully saturated rings. The quantitative estimate of drug-likeness (QED) is 0.640. The largest absolute Gasteiger partial charge is 0.377 e. The zero-order valence-electron chi connectivity index (χ0n) is 11.5. The Labute approximate surface area is 110 Å². The molecule has 7 heteroatoms. The monoisotopic (exact) mass is 279 g/mol. The summed E-state index contributed by atoms with van der Waals surface area (Å²) in [6, 6.07) is -0.0483. The lowest BCUT2D eigenvalue weighted by atomic mass is 10.1. The maximum absolute atomic E-state index is 11.8. The Hall–Kier alpha value is -0.210. The molecule has 0 radical (unpaired) electrons. The van der Waals surface area contributed by atoms with Gasteiger partial charge in [0.25, 0.3) is 10.2 Å². The second-order valence-corrected chi connectivity index (χ2v) is 6.64. The SMILES string of the molecule is CC(C)N(C)S(=O)(=O)NCCOC1CCNCC1. The molecule has 0 amide bonds. The summed E-state index contributed by atoms with van der Waals surface area (Å²) in [6.45, 7) is 6.38. The third kappa shape index (κ3) is 5.19. The fraction of sp³-hybridized carbons (Fsp3) is 1.00. The van der Waals surface area contributed by atoms with Gasteiger partial charge in [0, 0.05) is 19.6 Å². The van der Waals surface area contributed by atoms with Crippen molar-refractivity contribution in [3.63, 3.8) is 0 Å². The number of hydrogen-bond acceptors (Lipinski definition) is 4. The van der Waals surface area contributed by atoms with Crippen LogP contribution in [-0.4, -0.2) is 58.2 Å². The van der Waals surface area contributed by atoms with Gasteiger partial charge in [0.15, 0.2) is 0 Å². The van der Waals surface area contributed by atoms with Crippen LogP contribution in [0.5, 0.6) is 0 Å². The lowest BCUT2D eigenvalue weighted by Crippen LogP contribution is -2.43. The molecular formula is C11H25N3O3S. The third-order valence-electron chi connectivity index (χ3n) is 3.13. The van der Waals surface area contributed by atoms with Gasteiger partial charge in [0.2, 0.25) is 0 Å². The first kappa shape index (κ1) is 15.8. The Balaban J connectivity index is 2.20. The van der Waals surface area contributed by atoms with Crippen LogP contribution in [0.25, 0.3) is 0 Å². The van der Waals surface area contributed by atoms with Crippen LogP contribution in [0.2, 0.25) is 0 Å². The highest BCUT2D eigenvalue weighted by atomic mass is 32.2. The molecule has 0 aromatic heterocycles. The van der Waals surface area contributed by atoms with E-state index in [0.29, 0.717) is 13.2 Å². The highest BCUT2D eigenvalue weighted by Gasteiger charge is 2.19. The minimum Gasteiger partial charge on any atom is -0.377 e. The highest BCUT2D eigenvalue weighted by molar-refractivity contribution is 7.87. The van der Waals surface area contributed by atoms with Gasteiger partial charge in [-0.25, -0.2) is 0 Å². The molecule has 1 saturated heterocycles. The van der Waals surface area contributed by atoms with Gasteiger partial charge in [-0.15, -0.1) is 0 Å². The van der Waals surface area contributed by atoms with E-state index in [4.69, 9.17) is 4.74 Å². The molecule has 1 aliphatic rings. The van der Waals surface area contributed by atoms with Crippen LogP contribution in [0.1, 0.15) is 26.7 Å². The fourth-order valence-corrected chi connectivity index (χ4v) is 2.84. The standard InChI is InChI=1S/C11H25N3O3S/c1-10(2)14(3)18(15,16)13-8-9-17-11-4-6-12-7-5-11/h10-13H,4-9H2,1-3H3. The van der Waals surface area contributed by atoms with Gasteiger partial charge in [0.05, 0.1) is 12.7 Å². The Bertz CT molecular complexity index is 326. The van der Waals surface area contributed by atoms with Crippen molar-refractivity contribution in [3.05, 3.63) is 0 Å². The predicted molar refractivity (Wildman–Crippen MR) is 71.7 cm³/mol. The van der Waals surface area contributed by atoms with Crippen LogP contribution in [0.4, 0.5) is 0 Å². The smallest absolute Gasteiger partial charge is 0.279 e. The Morgan fingerprint density at radius 3 is 2.56 bits per heavy atom. The van der Waals surface area contributed by atoms with Crippen molar-refractivity contribution in [1.29, 1.82) is 0 Å². The molecule has 0 saturated carbocycles. The van der Waals surface area contributed by atoms with E-state index in [1.54, 1.807) is 7.05 Å².